The largest absolute Gasteiger partial charge is 0.490 e. The lowest BCUT2D eigenvalue weighted by molar-refractivity contribution is -0.192. The Morgan fingerprint density at radius 2 is 2.00 bits per heavy atom. The minimum atomic E-state index is -5.08. The Bertz CT molecular complexity index is 717. The van der Waals surface area contributed by atoms with E-state index in [-0.39, 0.29) is 18.1 Å². The maximum absolute atomic E-state index is 12.8. The first kappa shape index (κ1) is 24.0. The summed E-state index contributed by atoms with van der Waals surface area (Å²) in [4.78, 5) is 34.0. The van der Waals surface area contributed by atoms with E-state index >= 15 is 0 Å². The molecule has 1 amide bonds. The highest BCUT2D eigenvalue weighted by molar-refractivity contribution is 5.92. The molecule has 2 aliphatic rings. The minimum absolute atomic E-state index is 0.00132. The van der Waals surface area contributed by atoms with Gasteiger partial charge in [-0.15, -0.1) is 0 Å². The molecule has 0 aliphatic carbocycles. The SMILES string of the molecule is CC(C)N(C)[C@@H]1CN(C(=O)c2ccncn2)C[C@@H]2CCCO[C@@H]21.O=C(O)C(F)(F)F. The Morgan fingerprint density at radius 3 is 2.53 bits per heavy atom. The second-order valence-electron chi connectivity index (χ2n) is 7.67. The van der Waals surface area contributed by atoms with E-state index in [2.05, 4.69) is 35.8 Å². The number of ether oxygens (including phenoxy) is 1. The molecule has 2 saturated heterocycles. The Morgan fingerprint density at radius 1 is 1.33 bits per heavy atom. The molecule has 30 heavy (non-hydrogen) atoms. The highest BCUT2D eigenvalue weighted by Crippen LogP contribution is 2.32. The van der Waals surface area contributed by atoms with Crippen molar-refractivity contribution in [3.8, 4) is 0 Å². The molecule has 168 valence electrons. The number of amides is 1. The molecule has 2 fully saturated rings. The molecule has 3 atom stereocenters. The molecule has 11 heteroatoms. The predicted molar refractivity (Wildman–Crippen MR) is 101 cm³/mol. The van der Waals surface area contributed by atoms with Crippen LogP contribution in [0.2, 0.25) is 0 Å². The fourth-order valence-electron chi connectivity index (χ4n) is 3.66. The molecule has 8 nitrogen and oxygen atoms in total. The number of carbonyl (C=O) groups excluding carboxylic acids is 1. The van der Waals surface area contributed by atoms with Crippen LogP contribution in [-0.2, 0) is 9.53 Å². The molecule has 3 heterocycles. The van der Waals surface area contributed by atoms with E-state index in [4.69, 9.17) is 14.6 Å². The molecule has 0 aromatic carbocycles. The van der Waals surface area contributed by atoms with Crippen LogP contribution < -0.4 is 0 Å². The van der Waals surface area contributed by atoms with Gasteiger partial charge in [-0.3, -0.25) is 9.69 Å². The van der Waals surface area contributed by atoms with E-state index in [0.717, 1.165) is 26.0 Å². The predicted octanol–water partition coefficient (Wildman–Crippen LogP) is 2.07. The standard InChI is InChI=1S/C17H26N4O2.C2HF3O2/c1-12(2)20(3)15-10-21(9-13-5-4-8-23-16(13)15)17(22)14-6-7-18-11-19-14;3-2(4,5)1(6)7/h6-7,11-13,15-16H,4-5,8-10H2,1-3H3;(H,6,7)/t13-,15+,16-;/m0./s1. The molecule has 1 N–H and O–H groups in total. The third-order valence-corrected chi connectivity index (χ3v) is 5.40. The van der Waals surface area contributed by atoms with Gasteiger partial charge in [0.05, 0.1) is 12.1 Å². The number of alkyl halides is 3. The zero-order valence-electron chi connectivity index (χ0n) is 17.2. The molecule has 0 bridgehead atoms. The lowest BCUT2D eigenvalue weighted by atomic mass is 9.84. The van der Waals surface area contributed by atoms with Gasteiger partial charge >= 0.3 is 12.1 Å². The molecule has 1 aromatic heterocycles. The van der Waals surface area contributed by atoms with Gasteiger partial charge in [0.25, 0.3) is 5.91 Å². The van der Waals surface area contributed by atoms with Crippen molar-refractivity contribution in [3.05, 3.63) is 24.3 Å². The van der Waals surface area contributed by atoms with E-state index in [9.17, 15) is 18.0 Å². The summed E-state index contributed by atoms with van der Waals surface area (Å²) in [6.07, 6.45) is 0.399. The molecule has 0 spiro atoms. The normalized spacial score (nSPS) is 24.1. The van der Waals surface area contributed by atoms with Crippen molar-refractivity contribution in [2.45, 2.75) is 51.1 Å². The molecule has 2 aliphatic heterocycles. The highest BCUT2D eigenvalue weighted by atomic mass is 19.4. The van der Waals surface area contributed by atoms with Crippen molar-refractivity contribution < 1.29 is 32.6 Å². The Labute approximate surface area is 173 Å². The summed E-state index contributed by atoms with van der Waals surface area (Å²) in [6, 6.07) is 2.34. The molecule has 1 aromatic rings. The molecule has 0 radical (unpaired) electrons. The number of hydrogen-bond donors (Lipinski definition) is 1. The zero-order valence-corrected chi connectivity index (χ0v) is 17.2. The number of aromatic nitrogens is 2. The van der Waals surface area contributed by atoms with Gasteiger partial charge in [-0.2, -0.15) is 13.2 Å². The van der Waals surface area contributed by atoms with Crippen LogP contribution in [0.5, 0.6) is 0 Å². The van der Waals surface area contributed by atoms with Crippen LogP contribution in [0.1, 0.15) is 37.2 Å². The molecule has 0 saturated carbocycles. The van der Waals surface area contributed by atoms with Crippen molar-refractivity contribution >= 4 is 11.9 Å². The Hall–Kier alpha value is -2.27. The van der Waals surface area contributed by atoms with E-state index in [1.54, 1.807) is 12.3 Å². The number of carboxylic acid groups (broad SMARTS) is 1. The van der Waals surface area contributed by atoms with Gasteiger partial charge in [0.1, 0.15) is 12.0 Å². The Balaban J connectivity index is 0.000000396. The summed E-state index contributed by atoms with van der Waals surface area (Å²) in [5.41, 5.74) is 0.473. The van der Waals surface area contributed by atoms with Gasteiger partial charge < -0.3 is 14.7 Å². The van der Waals surface area contributed by atoms with Crippen LogP contribution >= 0.6 is 0 Å². The van der Waals surface area contributed by atoms with Crippen LogP contribution in [0.4, 0.5) is 13.2 Å². The minimum Gasteiger partial charge on any atom is -0.475 e. The number of carboxylic acids is 1. The lowest BCUT2D eigenvalue weighted by Crippen LogP contribution is -2.62. The first-order valence-electron chi connectivity index (χ1n) is 9.71. The fourth-order valence-corrected chi connectivity index (χ4v) is 3.66. The lowest BCUT2D eigenvalue weighted by Gasteiger charge is -2.49. The highest BCUT2D eigenvalue weighted by Gasteiger charge is 2.43. The van der Waals surface area contributed by atoms with E-state index in [0.29, 0.717) is 24.2 Å². The number of hydrogen-bond acceptors (Lipinski definition) is 6. The summed E-state index contributed by atoms with van der Waals surface area (Å²) in [7, 11) is 2.13. The van der Waals surface area contributed by atoms with Gasteiger partial charge in [0.15, 0.2) is 0 Å². The van der Waals surface area contributed by atoms with Crippen LogP contribution in [0.15, 0.2) is 18.6 Å². The number of carbonyl (C=O) groups is 2. The fraction of sp³-hybridized carbons (Fsp3) is 0.684. The zero-order chi connectivity index (χ0) is 22.5. The molecular weight excluding hydrogens is 405 g/mol. The van der Waals surface area contributed by atoms with Crippen LogP contribution in [0.3, 0.4) is 0 Å². The van der Waals surface area contributed by atoms with Gasteiger partial charge in [-0.1, -0.05) is 0 Å². The van der Waals surface area contributed by atoms with Crippen molar-refractivity contribution in [1.29, 1.82) is 0 Å². The van der Waals surface area contributed by atoms with Crippen molar-refractivity contribution in [2.24, 2.45) is 5.92 Å². The van der Waals surface area contributed by atoms with Gasteiger partial charge in [0.2, 0.25) is 0 Å². The van der Waals surface area contributed by atoms with Crippen molar-refractivity contribution in [2.75, 3.05) is 26.7 Å². The smallest absolute Gasteiger partial charge is 0.475 e. The van der Waals surface area contributed by atoms with E-state index in [1.165, 1.54) is 6.33 Å². The maximum Gasteiger partial charge on any atom is 0.490 e. The van der Waals surface area contributed by atoms with Crippen LogP contribution in [-0.4, -0.2) is 87.9 Å². The number of likely N-dealkylation sites (N-methyl/N-ethyl adjacent to an activating group) is 1. The number of fused-ring (bicyclic) bond motifs is 1. The third-order valence-electron chi connectivity index (χ3n) is 5.40. The second kappa shape index (κ2) is 10.2. The number of halogens is 3. The van der Waals surface area contributed by atoms with Crippen LogP contribution in [0.25, 0.3) is 0 Å². The number of rotatable bonds is 3. The first-order valence-corrected chi connectivity index (χ1v) is 9.71. The number of aliphatic carboxylic acids is 1. The molecule has 3 rings (SSSR count). The molecular formula is C19H27F3N4O4. The van der Waals surface area contributed by atoms with Crippen LogP contribution in [0, 0.1) is 5.92 Å². The van der Waals surface area contributed by atoms with E-state index in [1.807, 2.05) is 4.90 Å². The quantitative estimate of drug-likeness (QED) is 0.781. The van der Waals surface area contributed by atoms with Gasteiger partial charge in [-0.05, 0) is 39.8 Å². The summed E-state index contributed by atoms with van der Waals surface area (Å²) in [5, 5.41) is 7.12. The van der Waals surface area contributed by atoms with Crippen molar-refractivity contribution in [1.82, 2.24) is 19.8 Å². The monoisotopic (exact) mass is 432 g/mol. The average molecular weight is 432 g/mol. The Kier molecular flexibility index (Phi) is 8.13. The number of likely N-dealkylation sites (tertiary alicyclic amines) is 1. The van der Waals surface area contributed by atoms with Gasteiger partial charge in [0, 0.05) is 37.9 Å². The number of nitrogens with zero attached hydrogens (tertiary/aromatic N) is 4. The number of piperidine rings is 1. The first-order chi connectivity index (χ1) is 14.0. The average Bonchev–Trinajstić information content (AvgIpc) is 2.72. The second-order valence-corrected chi connectivity index (χ2v) is 7.67. The molecule has 0 unspecified atom stereocenters. The van der Waals surface area contributed by atoms with Crippen molar-refractivity contribution in [3.63, 3.8) is 0 Å². The van der Waals surface area contributed by atoms with Gasteiger partial charge in [-0.25, -0.2) is 14.8 Å². The third kappa shape index (κ3) is 6.11. The maximum atomic E-state index is 12.8. The summed E-state index contributed by atoms with van der Waals surface area (Å²) >= 11 is 0. The van der Waals surface area contributed by atoms with E-state index < -0.39 is 12.1 Å². The summed E-state index contributed by atoms with van der Waals surface area (Å²) in [5.74, 6) is -2.35. The summed E-state index contributed by atoms with van der Waals surface area (Å²) in [6.45, 7) is 6.66. The summed E-state index contributed by atoms with van der Waals surface area (Å²) < 4.78 is 37.8. The topological polar surface area (TPSA) is 95.9 Å².